The molecule has 2 N–H and O–H groups in total. The van der Waals surface area contributed by atoms with E-state index in [0.29, 0.717) is 12.8 Å². The molecule has 0 heterocycles. The van der Waals surface area contributed by atoms with Crippen LogP contribution in [0.3, 0.4) is 0 Å². The van der Waals surface area contributed by atoms with Crippen molar-refractivity contribution >= 4 is 5.78 Å². The molecule has 29 heavy (non-hydrogen) atoms. The molecule has 0 amide bonds. The highest BCUT2D eigenvalue weighted by Crippen LogP contribution is 2.15. The van der Waals surface area contributed by atoms with Crippen molar-refractivity contribution in [3.8, 4) is 5.75 Å². The highest BCUT2D eigenvalue weighted by atomic mass is 16.3. The second kappa shape index (κ2) is 17.5. The molecule has 1 atom stereocenters. The van der Waals surface area contributed by atoms with Crippen molar-refractivity contribution in [2.45, 2.75) is 122 Å². The summed E-state index contributed by atoms with van der Waals surface area (Å²) in [7, 11) is 0. The van der Waals surface area contributed by atoms with E-state index < -0.39 is 6.10 Å². The molecular weight excluding hydrogens is 360 g/mol. The van der Waals surface area contributed by atoms with Gasteiger partial charge in [0.05, 0.1) is 6.10 Å². The van der Waals surface area contributed by atoms with Crippen molar-refractivity contribution in [2.24, 2.45) is 0 Å². The van der Waals surface area contributed by atoms with Crippen molar-refractivity contribution < 1.29 is 15.0 Å². The molecule has 0 spiro atoms. The summed E-state index contributed by atoms with van der Waals surface area (Å²) in [6.45, 7) is 2.27. The molecule has 1 aromatic carbocycles. The van der Waals surface area contributed by atoms with E-state index >= 15 is 0 Å². The van der Waals surface area contributed by atoms with Crippen molar-refractivity contribution in [3.05, 3.63) is 29.8 Å². The van der Waals surface area contributed by atoms with Crippen LogP contribution in [0.4, 0.5) is 0 Å². The minimum atomic E-state index is -0.491. The topological polar surface area (TPSA) is 57.5 Å². The number of Topliss-reactive ketones (excluding diaryl/α,β-unsaturated/α-hetero) is 1. The third kappa shape index (κ3) is 15.2. The van der Waals surface area contributed by atoms with Gasteiger partial charge in [-0.15, -0.1) is 0 Å². The van der Waals surface area contributed by atoms with Crippen molar-refractivity contribution in [3.63, 3.8) is 0 Å². The Kier molecular flexibility index (Phi) is 15.5. The molecule has 0 saturated carbocycles. The zero-order valence-electron chi connectivity index (χ0n) is 18.7. The van der Waals surface area contributed by atoms with E-state index in [4.69, 9.17) is 0 Å². The zero-order chi connectivity index (χ0) is 21.2. The van der Waals surface area contributed by atoms with Gasteiger partial charge in [-0.3, -0.25) is 4.79 Å². The van der Waals surface area contributed by atoms with E-state index in [2.05, 4.69) is 6.92 Å². The number of unbranched alkanes of at least 4 members (excludes halogenated alkanes) is 12. The molecule has 0 aliphatic carbocycles. The number of aryl methyl sites for hydroxylation is 1. The number of hydrogen-bond donors (Lipinski definition) is 2. The fourth-order valence-corrected chi connectivity index (χ4v) is 3.81. The first-order valence-electron chi connectivity index (χ1n) is 12.1. The normalized spacial score (nSPS) is 12.2. The van der Waals surface area contributed by atoms with E-state index in [1.54, 1.807) is 12.1 Å². The summed E-state index contributed by atoms with van der Waals surface area (Å²) in [5.41, 5.74) is 1.04. The number of rotatable bonds is 19. The van der Waals surface area contributed by atoms with Gasteiger partial charge in [0.25, 0.3) is 0 Å². The lowest BCUT2D eigenvalue weighted by molar-refractivity contribution is -0.121. The lowest BCUT2D eigenvalue weighted by Gasteiger charge is -2.10. The van der Waals surface area contributed by atoms with E-state index in [-0.39, 0.29) is 18.0 Å². The number of carbonyl (C=O) groups excluding carboxylic acids is 1. The number of hydrogen-bond acceptors (Lipinski definition) is 3. The first kappa shape index (κ1) is 25.7. The molecule has 3 nitrogen and oxygen atoms in total. The van der Waals surface area contributed by atoms with Gasteiger partial charge < -0.3 is 10.2 Å². The van der Waals surface area contributed by atoms with E-state index in [9.17, 15) is 15.0 Å². The largest absolute Gasteiger partial charge is 0.508 e. The minimum Gasteiger partial charge on any atom is -0.508 e. The second-order valence-electron chi connectivity index (χ2n) is 8.59. The Bertz CT molecular complexity index is 509. The molecule has 0 bridgehead atoms. The SMILES string of the molecule is CCCCCCCCCCCCCCCC(O)CC(=O)CCc1ccc(O)cc1. The minimum absolute atomic E-state index is 0.125. The molecule has 1 aromatic rings. The molecule has 166 valence electrons. The van der Waals surface area contributed by atoms with Crippen molar-refractivity contribution in [1.29, 1.82) is 0 Å². The molecule has 0 radical (unpaired) electrons. The van der Waals surface area contributed by atoms with Crippen LogP contribution in [0.1, 0.15) is 115 Å². The van der Waals surface area contributed by atoms with Crippen LogP contribution in [0.25, 0.3) is 0 Å². The van der Waals surface area contributed by atoms with Gasteiger partial charge in [0.15, 0.2) is 0 Å². The molecule has 1 rings (SSSR count). The number of carbonyl (C=O) groups is 1. The standard InChI is InChI=1S/C26H44O3/c1-2-3-4-5-6-7-8-9-10-11-12-13-14-15-25(28)22-26(29)21-18-23-16-19-24(27)20-17-23/h16-17,19-20,25,27-28H,2-15,18,21-22H2,1H3. The maximum atomic E-state index is 12.0. The molecule has 0 aromatic heterocycles. The summed E-state index contributed by atoms with van der Waals surface area (Å²) in [5.74, 6) is 0.369. The first-order chi connectivity index (χ1) is 14.1. The van der Waals surface area contributed by atoms with Crippen LogP contribution in [0.15, 0.2) is 24.3 Å². The summed E-state index contributed by atoms with van der Waals surface area (Å²) in [4.78, 5) is 12.0. The van der Waals surface area contributed by atoms with Crippen LogP contribution in [-0.2, 0) is 11.2 Å². The Morgan fingerprint density at radius 2 is 1.28 bits per heavy atom. The van der Waals surface area contributed by atoms with Crippen LogP contribution in [0, 0.1) is 0 Å². The molecule has 0 saturated heterocycles. The lowest BCUT2D eigenvalue weighted by atomic mass is 10.00. The number of aliphatic hydroxyl groups is 1. The van der Waals surface area contributed by atoms with Crippen molar-refractivity contribution in [2.75, 3.05) is 0 Å². The summed E-state index contributed by atoms with van der Waals surface area (Å²) in [6.07, 6.45) is 18.8. The third-order valence-electron chi connectivity index (χ3n) is 5.73. The molecule has 3 heteroatoms. The third-order valence-corrected chi connectivity index (χ3v) is 5.73. The van der Waals surface area contributed by atoms with Crippen LogP contribution < -0.4 is 0 Å². The highest BCUT2D eigenvalue weighted by molar-refractivity contribution is 5.79. The lowest BCUT2D eigenvalue weighted by Crippen LogP contribution is -2.13. The zero-order valence-corrected chi connectivity index (χ0v) is 18.7. The molecule has 0 aliphatic heterocycles. The summed E-state index contributed by atoms with van der Waals surface area (Å²) in [6, 6.07) is 6.96. The quantitative estimate of drug-likeness (QED) is 0.241. The van der Waals surface area contributed by atoms with E-state index in [0.717, 1.165) is 24.8 Å². The van der Waals surface area contributed by atoms with Gasteiger partial charge in [0, 0.05) is 12.8 Å². The number of aromatic hydroxyl groups is 1. The fraction of sp³-hybridized carbons (Fsp3) is 0.731. The van der Waals surface area contributed by atoms with Crippen LogP contribution in [0.5, 0.6) is 5.75 Å². The van der Waals surface area contributed by atoms with Gasteiger partial charge in [-0.25, -0.2) is 0 Å². The van der Waals surface area contributed by atoms with Gasteiger partial charge in [0.2, 0.25) is 0 Å². The first-order valence-corrected chi connectivity index (χ1v) is 12.1. The highest BCUT2D eigenvalue weighted by Gasteiger charge is 2.11. The molecule has 0 aliphatic rings. The average Bonchev–Trinajstić information content (AvgIpc) is 2.71. The maximum absolute atomic E-state index is 12.0. The van der Waals surface area contributed by atoms with Crippen LogP contribution in [0.2, 0.25) is 0 Å². The van der Waals surface area contributed by atoms with Gasteiger partial charge in [-0.2, -0.15) is 0 Å². The Balaban J connectivity index is 1.89. The predicted molar refractivity (Wildman–Crippen MR) is 122 cm³/mol. The van der Waals surface area contributed by atoms with Gasteiger partial charge in [-0.05, 0) is 30.5 Å². The summed E-state index contributed by atoms with van der Waals surface area (Å²) >= 11 is 0. The van der Waals surface area contributed by atoms with Gasteiger partial charge >= 0.3 is 0 Å². The fourth-order valence-electron chi connectivity index (χ4n) is 3.81. The van der Waals surface area contributed by atoms with Crippen molar-refractivity contribution in [1.82, 2.24) is 0 Å². The van der Waals surface area contributed by atoms with E-state index in [1.807, 2.05) is 12.1 Å². The Labute approximate surface area is 178 Å². The number of benzene rings is 1. The van der Waals surface area contributed by atoms with E-state index in [1.165, 1.54) is 70.6 Å². The molecular formula is C26H44O3. The maximum Gasteiger partial charge on any atom is 0.135 e. The summed E-state index contributed by atoms with van der Waals surface area (Å²) in [5, 5.41) is 19.3. The van der Waals surface area contributed by atoms with Gasteiger partial charge in [0.1, 0.15) is 11.5 Å². The summed E-state index contributed by atoms with van der Waals surface area (Å²) < 4.78 is 0. The number of phenolic OH excluding ortho intramolecular Hbond substituents is 1. The smallest absolute Gasteiger partial charge is 0.135 e. The van der Waals surface area contributed by atoms with Crippen LogP contribution >= 0.6 is 0 Å². The Morgan fingerprint density at radius 3 is 1.79 bits per heavy atom. The number of phenols is 1. The molecule has 1 unspecified atom stereocenters. The monoisotopic (exact) mass is 404 g/mol. The average molecular weight is 405 g/mol. The van der Waals surface area contributed by atoms with Gasteiger partial charge in [-0.1, -0.05) is 103 Å². The number of ketones is 1. The number of aliphatic hydroxyl groups excluding tert-OH is 1. The Morgan fingerprint density at radius 1 is 0.793 bits per heavy atom. The second-order valence-corrected chi connectivity index (χ2v) is 8.59. The molecule has 0 fully saturated rings. The van der Waals surface area contributed by atoms with Crippen LogP contribution in [-0.4, -0.2) is 22.1 Å². The predicted octanol–water partition coefficient (Wildman–Crippen LogP) is 7.13. The Hall–Kier alpha value is -1.35.